The third-order valence-electron chi connectivity index (χ3n) is 3.36. The molecule has 1 atom stereocenters. The zero-order valence-electron chi connectivity index (χ0n) is 12.2. The maximum absolute atomic E-state index is 12.1. The Kier molecular flexibility index (Phi) is 4.34. The normalized spacial score (nSPS) is 16.1. The van der Waals surface area contributed by atoms with E-state index in [0.29, 0.717) is 37.7 Å². The van der Waals surface area contributed by atoms with Crippen molar-refractivity contribution in [1.82, 2.24) is 15.5 Å². The van der Waals surface area contributed by atoms with Crippen LogP contribution in [0.1, 0.15) is 17.3 Å². The number of carbonyl (C=O) groups is 1. The van der Waals surface area contributed by atoms with Gasteiger partial charge >= 0.3 is 0 Å². The van der Waals surface area contributed by atoms with E-state index in [1.54, 1.807) is 7.11 Å². The number of ether oxygens (including phenoxy) is 2. The van der Waals surface area contributed by atoms with E-state index in [4.69, 9.17) is 14.0 Å². The minimum absolute atomic E-state index is 0.132. The van der Waals surface area contributed by atoms with E-state index < -0.39 is 6.10 Å². The molecular weight excluding hydrogens is 286 g/mol. The molecule has 0 saturated heterocycles. The lowest BCUT2D eigenvalue weighted by molar-refractivity contribution is -0.127. The lowest BCUT2D eigenvalue weighted by atomic mass is 10.1. The predicted molar refractivity (Wildman–Crippen MR) is 76.3 cm³/mol. The number of nitrogens with zero attached hydrogens (tertiary/aromatic N) is 2. The third kappa shape index (κ3) is 3.25. The molecule has 0 bridgehead atoms. The summed E-state index contributed by atoms with van der Waals surface area (Å²) in [4.78, 5) is 16.2. The van der Waals surface area contributed by atoms with Crippen LogP contribution in [0.15, 0.2) is 28.8 Å². The number of hydrogen-bond donors (Lipinski definition) is 1. The monoisotopic (exact) mass is 303 g/mol. The predicted octanol–water partition coefficient (Wildman–Crippen LogP) is 0.878. The summed E-state index contributed by atoms with van der Waals surface area (Å²) in [7, 11) is 1.57. The van der Waals surface area contributed by atoms with Crippen molar-refractivity contribution in [2.24, 2.45) is 0 Å². The van der Waals surface area contributed by atoms with E-state index >= 15 is 0 Å². The minimum atomic E-state index is -0.468. The number of rotatable bonds is 6. The minimum Gasteiger partial charge on any atom is -0.480 e. The molecule has 0 spiro atoms. The second kappa shape index (κ2) is 6.57. The Balaban J connectivity index is 1.45. The van der Waals surface area contributed by atoms with E-state index in [9.17, 15) is 4.79 Å². The molecule has 0 unspecified atom stereocenters. The van der Waals surface area contributed by atoms with Gasteiger partial charge < -0.3 is 19.3 Å². The molecule has 1 aromatic heterocycles. The molecule has 1 aliphatic rings. The van der Waals surface area contributed by atoms with Crippen LogP contribution in [0, 0.1) is 0 Å². The van der Waals surface area contributed by atoms with E-state index in [1.807, 2.05) is 24.3 Å². The van der Waals surface area contributed by atoms with Crippen LogP contribution < -0.4 is 10.1 Å². The van der Waals surface area contributed by atoms with Crippen molar-refractivity contribution in [3.8, 4) is 5.75 Å². The van der Waals surface area contributed by atoms with Crippen LogP contribution in [-0.4, -0.2) is 35.8 Å². The summed E-state index contributed by atoms with van der Waals surface area (Å²) in [6, 6.07) is 7.68. The molecule has 116 valence electrons. The highest BCUT2D eigenvalue weighted by Gasteiger charge is 2.28. The van der Waals surface area contributed by atoms with Crippen LogP contribution in [0.4, 0.5) is 0 Å². The van der Waals surface area contributed by atoms with Crippen LogP contribution in [0.25, 0.3) is 0 Å². The average Bonchev–Trinajstić information content (AvgIpc) is 3.14. The van der Waals surface area contributed by atoms with Gasteiger partial charge in [-0.15, -0.1) is 0 Å². The Morgan fingerprint density at radius 1 is 1.45 bits per heavy atom. The number of amides is 1. The molecule has 22 heavy (non-hydrogen) atoms. The van der Waals surface area contributed by atoms with E-state index in [1.165, 1.54) is 0 Å². The molecule has 0 saturated carbocycles. The smallest absolute Gasteiger partial charge is 0.261 e. The first-order chi connectivity index (χ1) is 10.8. The summed E-state index contributed by atoms with van der Waals surface area (Å²) in [5.41, 5.74) is 1.06. The lowest BCUT2D eigenvalue weighted by Gasteiger charge is -2.10. The summed E-state index contributed by atoms with van der Waals surface area (Å²) in [6.45, 7) is 0.730. The van der Waals surface area contributed by atoms with Crippen molar-refractivity contribution < 1.29 is 18.8 Å². The number of nitrogens with one attached hydrogen (secondary N) is 1. The number of benzene rings is 1. The summed E-state index contributed by atoms with van der Waals surface area (Å²) >= 11 is 0. The molecule has 2 heterocycles. The molecule has 7 nitrogen and oxygen atoms in total. The van der Waals surface area contributed by atoms with E-state index in [0.717, 1.165) is 11.3 Å². The molecular formula is C15H17N3O4. The Labute approximate surface area is 127 Å². The summed E-state index contributed by atoms with van der Waals surface area (Å²) < 4.78 is 15.6. The summed E-state index contributed by atoms with van der Waals surface area (Å²) in [6.07, 6.45) is 0.604. The van der Waals surface area contributed by atoms with Crippen molar-refractivity contribution in [1.29, 1.82) is 0 Å². The fourth-order valence-electron chi connectivity index (χ4n) is 2.31. The van der Waals surface area contributed by atoms with E-state index in [-0.39, 0.29) is 5.91 Å². The molecule has 1 aromatic carbocycles. The quantitative estimate of drug-likeness (QED) is 0.852. The maximum Gasteiger partial charge on any atom is 0.261 e. The Hall–Kier alpha value is -2.41. The van der Waals surface area contributed by atoms with Crippen LogP contribution >= 0.6 is 0 Å². The van der Waals surface area contributed by atoms with Gasteiger partial charge in [-0.1, -0.05) is 23.4 Å². The zero-order chi connectivity index (χ0) is 15.4. The molecule has 3 rings (SSSR count). The van der Waals surface area contributed by atoms with Gasteiger partial charge in [-0.05, 0) is 11.6 Å². The van der Waals surface area contributed by atoms with Gasteiger partial charge in [0.25, 0.3) is 5.91 Å². The lowest BCUT2D eigenvalue weighted by Crippen LogP contribution is -2.38. The molecule has 1 amide bonds. The number of carbonyl (C=O) groups excluding carboxylic acids is 1. The van der Waals surface area contributed by atoms with Gasteiger partial charge in [0.1, 0.15) is 12.4 Å². The number of hydrogen-bond acceptors (Lipinski definition) is 6. The second-order valence-corrected chi connectivity index (χ2v) is 5.00. The molecule has 7 heteroatoms. The van der Waals surface area contributed by atoms with Crippen LogP contribution in [0.2, 0.25) is 0 Å². The van der Waals surface area contributed by atoms with Crippen molar-refractivity contribution >= 4 is 5.91 Å². The Morgan fingerprint density at radius 3 is 3.14 bits per heavy atom. The topological polar surface area (TPSA) is 86.5 Å². The molecule has 2 aromatic rings. The summed E-state index contributed by atoms with van der Waals surface area (Å²) in [5, 5.41) is 6.59. The van der Waals surface area contributed by atoms with Crippen LogP contribution in [0.5, 0.6) is 5.75 Å². The van der Waals surface area contributed by atoms with Crippen molar-refractivity contribution in [3.05, 3.63) is 41.5 Å². The maximum atomic E-state index is 12.1. The highest BCUT2D eigenvalue weighted by atomic mass is 16.5. The fraction of sp³-hybridized carbons (Fsp3) is 0.400. The highest BCUT2D eigenvalue weighted by Crippen LogP contribution is 2.27. The first-order valence-electron chi connectivity index (χ1n) is 7.09. The highest BCUT2D eigenvalue weighted by molar-refractivity contribution is 5.82. The SMILES string of the molecule is COCc1noc(CCNC(=O)[C@H]2Cc3ccccc3O2)n1. The Bertz CT molecular complexity index is 631. The van der Waals surface area contributed by atoms with Gasteiger partial charge in [0.05, 0.1) is 0 Å². The van der Waals surface area contributed by atoms with Crippen molar-refractivity contribution in [2.45, 2.75) is 25.6 Å². The van der Waals surface area contributed by atoms with Crippen molar-refractivity contribution in [2.75, 3.05) is 13.7 Å². The molecule has 0 fully saturated rings. The number of methoxy groups -OCH3 is 1. The first kappa shape index (κ1) is 14.5. The van der Waals surface area contributed by atoms with Crippen LogP contribution in [-0.2, 0) is 29.0 Å². The van der Waals surface area contributed by atoms with Gasteiger partial charge in [-0.2, -0.15) is 4.98 Å². The number of para-hydroxylation sites is 1. The fourth-order valence-corrected chi connectivity index (χ4v) is 2.31. The Morgan fingerprint density at radius 2 is 2.32 bits per heavy atom. The first-order valence-corrected chi connectivity index (χ1v) is 7.09. The summed E-state index contributed by atoms with van der Waals surface area (Å²) in [5.74, 6) is 1.62. The molecule has 0 aliphatic carbocycles. The molecule has 1 aliphatic heterocycles. The van der Waals surface area contributed by atoms with Gasteiger partial charge in [-0.25, -0.2) is 0 Å². The van der Waals surface area contributed by atoms with Gasteiger partial charge in [-0.3, -0.25) is 4.79 Å². The largest absolute Gasteiger partial charge is 0.480 e. The second-order valence-electron chi connectivity index (χ2n) is 5.00. The molecule has 0 radical (unpaired) electrons. The average molecular weight is 303 g/mol. The van der Waals surface area contributed by atoms with Gasteiger partial charge in [0, 0.05) is 26.5 Å². The zero-order valence-corrected chi connectivity index (χ0v) is 12.2. The standard InChI is InChI=1S/C15H17N3O4/c1-20-9-13-17-14(22-18-13)6-7-16-15(19)12-8-10-4-2-3-5-11(10)21-12/h2-5,12H,6-9H2,1H3,(H,16,19)/t12-/m1/s1. The number of aromatic nitrogens is 2. The third-order valence-corrected chi connectivity index (χ3v) is 3.36. The molecule has 1 N–H and O–H groups in total. The van der Waals surface area contributed by atoms with Gasteiger partial charge in [0.2, 0.25) is 5.89 Å². The van der Waals surface area contributed by atoms with Crippen molar-refractivity contribution in [3.63, 3.8) is 0 Å². The number of fused-ring (bicyclic) bond motifs is 1. The van der Waals surface area contributed by atoms with E-state index in [2.05, 4.69) is 15.5 Å². The van der Waals surface area contributed by atoms with Crippen LogP contribution in [0.3, 0.4) is 0 Å². The van der Waals surface area contributed by atoms with Gasteiger partial charge in [0.15, 0.2) is 11.9 Å².